The predicted molar refractivity (Wildman–Crippen MR) is 107 cm³/mol. The number of nitrogens with zero attached hydrogens (tertiary/aromatic N) is 1. The summed E-state index contributed by atoms with van der Waals surface area (Å²) in [6, 6.07) is 7.31. The predicted octanol–water partition coefficient (Wildman–Crippen LogP) is 3.37. The lowest BCUT2D eigenvalue weighted by molar-refractivity contribution is 0.0322. The Balaban J connectivity index is 1.50. The van der Waals surface area contributed by atoms with Crippen LogP contribution in [0.5, 0.6) is 11.5 Å². The zero-order valence-corrected chi connectivity index (χ0v) is 16.4. The third kappa shape index (κ3) is 4.79. The fourth-order valence-electron chi connectivity index (χ4n) is 3.13. The quantitative estimate of drug-likeness (QED) is 0.521. The summed E-state index contributed by atoms with van der Waals surface area (Å²) in [5.74, 6) is 2.73. The number of furan rings is 1. The van der Waals surface area contributed by atoms with Crippen molar-refractivity contribution in [3.8, 4) is 11.5 Å². The number of hydrogen-bond donors (Lipinski definition) is 0. The Bertz CT molecular complexity index is 828. The van der Waals surface area contributed by atoms with Gasteiger partial charge in [-0.1, -0.05) is 0 Å². The molecule has 0 spiro atoms. The minimum absolute atomic E-state index is 0.119. The molecule has 7 heteroatoms. The van der Waals surface area contributed by atoms with Crippen LogP contribution in [0.25, 0.3) is 6.08 Å². The normalized spacial score (nSPS) is 17.3. The van der Waals surface area contributed by atoms with Crippen LogP contribution in [0, 0.1) is 0 Å². The van der Waals surface area contributed by atoms with Gasteiger partial charge in [0.15, 0.2) is 5.78 Å². The van der Waals surface area contributed by atoms with Gasteiger partial charge in [-0.3, -0.25) is 9.69 Å². The summed E-state index contributed by atoms with van der Waals surface area (Å²) in [6.07, 6.45) is 4.77. The highest BCUT2D eigenvalue weighted by atomic mass is 32.2. The third-order valence-electron chi connectivity index (χ3n) is 4.62. The number of allylic oxidation sites excluding steroid dienone is 1. The lowest BCUT2D eigenvalue weighted by atomic mass is 10.1. The SMILES string of the molecule is O=C(C=Cc1ccco1)c1cc2c(cc1OCCN1CCOCC1)OCCS2. The van der Waals surface area contributed by atoms with Crippen LogP contribution < -0.4 is 9.47 Å². The second-order valence-corrected chi connectivity index (χ2v) is 7.64. The first-order valence-corrected chi connectivity index (χ1v) is 10.4. The number of rotatable bonds is 7. The zero-order valence-electron chi connectivity index (χ0n) is 15.6. The van der Waals surface area contributed by atoms with Gasteiger partial charge in [-0.15, -0.1) is 11.8 Å². The van der Waals surface area contributed by atoms with Crippen molar-refractivity contribution in [3.05, 3.63) is 47.9 Å². The molecule has 6 nitrogen and oxygen atoms in total. The summed E-state index contributed by atoms with van der Waals surface area (Å²) in [5.41, 5.74) is 0.543. The topological polar surface area (TPSA) is 61.1 Å². The number of carbonyl (C=O) groups is 1. The maximum absolute atomic E-state index is 12.8. The molecule has 0 unspecified atom stereocenters. The average Bonchev–Trinajstić information content (AvgIpc) is 3.26. The Morgan fingerprint density at radius 2 is 2.14 bits per heavy atom. The molecule has 148 valence electrons. The van der Waals surface area contributed by atoms with Crippen LogP contribution in [-0.2, 0) is 4.74 Å². The van der Waals surface area contributed by atoms with E-state index in [4.69, 9.17) is 18.6 Å². The molecule has 4 rings (SSSR count). The maximum Gasteiger partial charge on any atom is 0.189 e. The Morgan fingerprint density at radius 3 is 2.96 bits per heavy atom. The monoisotopic (exact) mass is 401 g/mol. The number of carbonyl (C=O) groups excluding carboxylic acids is 1. The van der Waals surface area contributed by atoms with Crippen molar-refractivity contribution < 1.29 is 23.4 Å². The van der Waals surface area contributed by atoms with Gasteiger partial charge in [-0.25, -0.2) is 0 Å². The van der Waals surface area contributed by atoms with Crippen molar-refractivity contribution in [2.75, 3.05) is 51.8 Å². The van der Waals surface area contributed by atoms with E-state index in [2.05, 4.69) is 4.90 Å². The number of ketones is 1. The number of ether oxygens (including phenoxy) is 3. The molecule has 0 N–H and O–H groups in total. The highest BCUT2D eigenvalue weighted by Gasteiger charge is 2.20. The van der Waals surface area contributed by atoms with Crippen molar-refractivity contribution in [2.45, 2.75) is 4.90 Å². The van der Waals surface area contributed by atoms with Crippen LogP contribution >= 0.6 is 11.8 Å². The van der Waals surface area contributed by atoms with E-state index in [9.17, 15) is 4.79 Å². The molecule has 0 radical (unpaired) electrons. The number of hydrogen-bond acceptors (Lipinski definition) is 7. The molecule has 2 aromatic rings. The molecular formula is C21H23NO5S. The van der Waals surface area contributed by atoms with Gasteiger partial charge in [-0.05, 0) is 30.4 Å². The molecule has 2 aliphatic heterocycles. The molecule has 0 atom stereocenters. The minimum Gasteiger partial charge on any atom is -0.491 e. The van der Waals surface area contributed by atoms with E-state index in [-0.39, 0.29) is 5.78 Å². The van der Waals surface area contributed by atoms with Crippen molar-refractivity contribution in [2.24, 2.45) is 0 Å². The maximum atomic E-state index is 12.8. The van der Waals surface area contributed by atoms with E-state index in [1.807, 2.05) is 12.1 Å². The Morgan fingerprint density at radius 1 is 1.25 bits per heavy atom. The summed E-state index contributed by atoms with van der Waals surface area (Å²) in [5, 5.41) is 0. The fourth-order valence-corrected chi connectivity index (χ4v) is 3.97. The van der Waals surface area contributed by atoms with Gasteiger partial charge < -0.3 is 18.6 Å². The highest BCUT2D eigenvalue weighted by Crippen LogP contribution is 2.38. The summed E-state index contributed by atoms with van der Waals surface area (Å²) in [7, 11) is 0. The number of fused-ring (bicyclic) bond motifs is 1. The van der Waals surface area contributed by atoms with E-state index in [0.29, 0.717) is 30.3 Å². The van der Waals surface area contributed by atoms with E-state index < -0.39 is 0 Å². The van der Waals surface area contributed by atoms with E-state index in [1.54, 1.807) is 36.2 Å². The lowest BCUT2D eigenvalue weighted by Crippen LogP contribution is -2.38. The molecule has 1 aromatic carbocycles. The number of morpholine rings is 1. The first-order valence-electron chi connectivity index (χ1n) is 9.42. The van der Waals surface area contributed by atoms with Crippen molar-refractivity contribution in [1.29, 1.82) is 0 Å². The molecule has 2 aliphatic rings. The number of thioether (sulfide) groups is 1. The van der Waals surface area contributed by atoms with E-state index in [0.717, 1.165) is 49.2 Å². The van der Waals surface area contributed by atoms with Crippen LogP contribution in [0.15, 0.2) is 45.9 Å². The smallest absolute Gasteiger partial charge is 0.189 e. The second-order valence-electron chi connectivity index (χ2n) is 6.51. The molecule has 0 saturated carbocycles. The van der Waals surface area contributed by atoms with Crippen molar-refractivity contribution >= 4 is 23.6 Å². The third-order valence-corrected chi connectivity index (χ3v) is 5.62. The van der Waals surface area contributed by atoms with Crippen LogP contribution in [-0.4, -0.2) is 62.5 Å². The molecule has 1 aromatic heterocycles. The van der Waals surface area contributed by atoms with Gasteiger partial charge in [0.1, 0.15) is 23.9 Å². The fraction of sp³-hybridized carbons (Fsp3) is 0.381. The summed E-state index contributed by atoms with van der Waals surface area (Å²) in [6.45, 7) is 5.29. The van der Waals surface area contributed by atoms with Crippen LogP contribution in [0.3, 0.4) is 0 Å². The van der Waals surface area contributed by atoms with Gasteiger partial charge in [0, 0.05) is 31.5 Å². The molecular weight excluding hydrogens is 378 g/mol. The Labute approximate surface area is 168 Å². The zero-order chi connectivity index (χ0) is 19.2. The van der Waals surface area contributed by atoms with Gasteiger partial charge in [0.25, 0.3) is 0 Å². The molecule has 28 heavy (non-hydrogen) atoms. The first-order chi connectivity index (χ1) is 13.8. The van der Waals surface area contributed by atoms with Crippen LogP contribution in [0.1, 0.15) is 16.1 Å². The van der Waals surface area contributed by atoms with Crippen LogP contribution in [0.2, 0.25) is 0 Å². The molecule has 1 fully saturated rings. The Hall–Kier alpha value is -2.22. The average molecular weight is 401 g/mol. The van der Waals surface area contributed by atoms with E-state index in [1.165, 1.54) is 6.08 Å². The minimum atomic E-state index is -0.119. The summed E-state index contributed by atoms with van der Waals surface area (Å²) < 4.78 is 22.4. The number of benzene rings is 1. The standard InChI is InChI=1S/C21H23NO5S/c23-18(4-3-16-2-1-8-25-16)17-14-21-20(27-12-13-28-21)15-19(17)26-11-7-22-5-9-24-10-6-22/h1-4,8,14-15H,5-7,9-13H2. The highest BCUT2D eigenvalue weighted by molar-refractivity contribution is 7.99. The van der Waals surface area contributed by atoms with Crippen molar-refractivity contribution in [1.82, 2.24) is 4.90 Å². The van der Waals surface area contributed by atoms with Gasteiger partial charge in [0.05, 0.1) is 36.5 Å². The molecule has 0 aliphatic carbocycles. The second kappa shape index (κ2) is 9.32. The lowest BCUT2D eigenvalue weighted by Gasteiger charge is -2.26. The summed E-state index contributed by atoms with van der Waals surface area (Å²) in [4.78, 5) is 16.1. The largest absolute Gasteiger partial charge is 0.491 e. The Kier molecular flexibility index (Phi) is 6.36. The summed E-state index contributed by atoms with van der Waals surface area (Å²) >= 11 is 1.69. The van der Waals surface area contributed by atoms with Gasteiger partial charge in [-0.2, -0.15) is 0 Å². The molecule has 1 saturated heterocycles. The van der Waals surface area contributed by atoms with Gasteiger partial charge >= 0.3 is 0 Å². The van der Waals surface area contributed by atoms with Crippen molar-refractivity contribution in [3.63, 3.8) is 0 Å². The molecule has 0 bridgehead atoms. The van der Waals surface area contributed by atoms with E-state index >= 15 is 0 Å². The first kappa shape index (κ1) is 19.1. The molecule has 3 heterocycles. The van der Waals surface area contributed by atoms with Crippen LogP contribution in [0.4, 0.5) is 0 Å². The van der Waals surface area contributed by atoms with Gasteiger partial charge in [0.2, 0.25) is 0 Å². The molecule has 0 amide bonds.